The molecule has 5 heteroatoms. The summed E-state index contributed by atoms with van der Waals surface area (Å²) in [7, 11) is 0. The second-order valence-corrected chi connectivity index (χ2v) is 7.17. The summed E-state index contributed by atoms with van der Waals surface area (Å²) in [5.41, 5.74) is 1.34. The lowest BCUT2D eigenvalue weighted by molar-refractivity contribution is -0.918. The molecule has 0 saturated carbocycles. The van der Waals surface area contributed by atoms with E-state index in [1.165, 1.54) is 73.5 Å². The predicted octanol–water partition coefficient (Wildman–Crippen LogP) is 1.82. The van der Waals surface area contributed by atoms with E-state index in [2.05, 4.69) is 15.7 Å². The van der Waals surface area contributed by atoms with E-state index >= 15 is 0 Å². The van der Waals surface area contributed by atoms with Gasteiger partial charge in [0.1, 0.15) is 5.03 Å². The first-order valence-corrected chi connectivity index (χ1v) is 8.89. The van der Waals surface area contributed by atoms with Crippen LogP contribution in [0.3, 0.4) is 0 Å². The first kappa shape index (κ1) is 12.9. The maximum absolute atomic E-state index is 4.63. The number of unbranched alkanes of at least 4 members (excludes halogenated alkanes) is 1. The first-order valence-electron chi connectivity index (χ1n) is 7.17. The number of piperidine rings is 3. The van der Waals surface area contributed by atoms with E-state index < -0.39 is 0 Å². The minimum absolute atomic E-state index is 0.699. The Kier molecular flexibility index (Phi) is 4.21. The zero-order valence-corrected chi connectivity index (χ0v) is 12.7. The van der Waals surface area contributed by atoms with Crippen LogP contribution in [-0.2, 0) is 0 Å². The Morgan fingerprint density at radius 3 is 2.83 bits per heavy atom. The molecular formula is C13H22N3S2+. The van der Waals surface area contributed by atoms with E-state index in [1.54, 1.807) is 4.90 Å². The molecule has 2 bridgehead atoms. The van der Waals surface area contributed by atoms with Gasteiger partial charge in [0.05, 0.1) is 43.0 Å². The number of nitrogens with one attached hydrogen (secondary N) is 1. The van der Waals surface area contributed by atoms with Gasteiger partial charge in [-0.3, -0.25) is 0 Å². The summed E-state index contributed by atoms with van der Waals surface area (Å²) in [4.78, 5) is 1.79. The topological polar surface area (TPSA) is 30.2 Å². The van der Waals surface area contributed by atoms with Gasteiger partial charge >= 0.3 is 0 Å². The fourth-order valence-corrected chi connectivity index (χ4v) is 5.14. The van der Waals surface area contributed by atoms with Crippen molar-refractivity contribution in [3.63, 3.8) is 0 Å². The molecule has 3 saturated heterocycles. The number of hydrogen-bond donors (Lipinski definition) is 1. The van der Waals surface area contributed by atoms with Crippen molar-refractivity contribution in [3.05, 3.63) is 5.69 Å². The third-order valence-corrected chi connectivity index (χ3v) is 6.11. The minimum Gasteiger partial charge on any atom is -0.334 e. The molecule has 1 aromatic rings. The van der Waals surface area contributed by atoms with Crippen LogP contribution in [-0.4, -0.2) is 34.1 Å². The van der Waals surface area contributed by atoms with Crippen LogP contribution in [0.4, 0.5) is 0 Å². The third kappa shape index (κ3) is 2.58. The summed E-state index contributed by atoms with van der Waals surface area (Å²) in [5.74, 6) is 2.78. The minimum atomic E-state index is 0.699. The average Bonchev–Trinajstić information content (AvgIpc) is 2.89. The molecule has 4 rings (SSSR count). The Hall–Kier alpha value is -0.130. The molecule has 3 aliphatic heterocycles. The lowest BCUT2D eigenvalue weighted by Crippen LogP contribution is -3.15. The van der Waals surface area contributed by atoms with Crippen molar-refractivity contribution >= 4 is 23.5 Å². The van der Waals surface area contributed by atoms with E-state index in [-0.39, 0.29) is 0 Å². The van der Waals surface area contributed by atoms with Crippen molar-refractivity contribution in [3.8, 4) is 0 Å². The van der Waals surface area contributed by atoms with E-state index in [4.69, 9.17) is 0 Å². The van der Waals surface area contributed by atoms with Gasteiger partial charge in [-0.25, -0.2) is 0 Å². The van der Waals surface area contributed by atoms with Gasteiger partial charge in [0, 0.05) is 12.8 Å². The molecule has 0 aliphatic carbocycles. The van der Waals surface area contributed by atoms with Gasteiger partial charge in [0.25, 0.3) is 0 Å². The molecule has 0 spiro atoms. The Labute approximate surface area is 118 Å². The lowest BCUT2D eigenvalue weighted by atomic mass is 9.78. The van der Waals surface area contributed by atoms with E-state index in [0.717, 1.165) is 5.92 Å². The zero-order valence-electron chi connectivity index (χ0n) is 11.0. The molecule has 4 heterocycles. The lowest BCUT2D eigenvalue weighted by Gasteiger charge is -2.41. The van der Waals surface area contributed by atoms with Crippen molar-refractivity contribution in [1.82, 2.24) is 8.75 Å². The Bertz CT molecular complexity index is 385. The summed E-state index contributed by atoms with van der Waals surface area (Å²) in [5, 5.41) is 1.24. The second-order valence-electron chi connectivity index (χ2n) is 5.55. The van der Waals surface area contributed by atoms with Gasteiger partial charge in [-0.15, -0.1) is 11.8 Å². The fraction of sp³-hybridized carbons (Fsp3) is 0.846. The fourth-order valence-electron chi connectivity index (χ4n) is 3.28. The number of quaternary nitrogens is 1. The molecule has 1 N–H and O–H groups in total. The molecule has 1 aromatic heterocycles. The largest absolute Gasteiger partial charge is 0.334 e. The smallest absolute Gasteiger partial charge is 0.134 e. The van der Waals surface area contributed by atoms with Crippen LogP contribution in [0.2, 0.25) is 0 Å². The van der Waals surface area contributed by atoms with Crippen molar-refractivity contribution in [2.45, 2.75) is 43.6 Å². The van der Waals surface area contributed by atoms with Crippen LogP contribution in [0.5, 0.6) is 0 Å². The van der Waals surface area contributed by atoms with Crippen LogP contribution >= 0.6 is 23.5 Å². The Morgan fingerprint density at radius 2 is 2.17 bits per heavy atom. The summed E-state index contributed by atoms with van der Waals surface area (Å²) < 4.78 is 9.16. The van der Waals surface area contributed by atoms with Crippen molar-refractivity contribution in [1.29, 1.82) is 0 Å². The first-order chi connectivity index (χ1) is 8.88. The van der Waals surface area contributed by atoms with Gasteiger partial charge in [-0.1, -0.05) is 13.3 Å². The molecule has 0 aromatic carbocycles. The van der Waals surface area contributed by atoms with Crippen LogP contribution in [0, 0.1) is 5.92 Å². The third-order valence-electron chi connectivity index (χ3n) is 4.38. The highest BCUT2D eigenvalue weighted by atomic mass is 32.2. The highest BCUT2D eigenvalue weighted by Gasteiger charge is 2.40. The number of rotatable bonds is 5. The standard InChI is InChI=1S/C13H21N3S2/c1-2-3-8-17-13-12(14-18-15-13)11-9-16-6-4-10(11)5-7-16/h10-11H,2-9H2,1H3/p+1/t11-/m1/s1. The van der Waals surface area contributed by atoms with Gasteiger partial charge in [-0.05, 0) is 18.1 Å². The quantitative estimate of drug-likeness (QED) is 0.661. The number of nitrogens with zero attached hydrogens (tertiary/aromatic N) is 2. The molecule has 0 radical (unpaired) electrons. The maximum atomic E-state index is 4.63. The summed E-state index contributed by atoms with van der Waals surface area (Å²) in [6.45, 7) is 6.32. The molecule has 3 nitrogen and oxygen atoms in total. The Balaban J connectivity index is 1.70. The predicted molar refractivity (Wildman–Crippen MR) is 76.6 cm³/mol. The molecule has 18 heavy (non-hydrogen) atoms. The highest BCUT2D eigenvalue weighted by molar-refractivity contribution is 7.99. The van der Waals surface area contributed by atoms with Crippen molar-refractivity contribution in [2.75, 3.05) is 25.4 Å². The molecular weight excluding hydrogens is 262 g/mol. The van der Waals surface area contributed by atoms with Crippen LogP contribution < -0.4 is 4.90 Å². The molecule has 0 unspecified atom stereocenters. The van der Waals surface area contributed by atoms with Crippen LogP contribution in [0.1, 0.15) is 44.2 Å². The summed E-state index contributed by atoms with van der Waals surface area (Å²) in [6, 6.07) is 0. The van der Waals surface area contributed by atoms with E-state index in [9.17, 15) is 0 Å². The molecule has 3 aliphatic rings. The molecule has 100 valence electrons. The van der Waals surface area contributed by atoms with Gasteiger partial charge in [0.15, 0.2) is 0 Å². The number of fused-ring (bicyclic) bond motifs is 3. The SMILES string of the molecule is CCCCSc1nsnc1[C@@H]1C[NH+]2CCC1CC2. The molecule has 0 amide bonds. The van der Waals surface area contributed by atoms with Gasteiger partial charge in [-0.2, -0.15) is 8.75 Å². The maximum Gasteiger partial charge on any atom is 0.134 e. The highest BCUT2D eigenvalue weighted by Crippen LogP contribution is 2.36. The van der Waals surface area contributed by atoms with Crippen LogP contribution in [0.15, 0.2) is 5.03 Å². The van der Waals surface area contributed by atoms with Gasteiger partial charge in [0.2, 0.25) is 0 Å². The van der Waals surface area contributed by atoms with E-state index in [1.807, 2.05) is 11.8 Å². The Morgan fingerprint density at radius 1 is 1.33 bits per heavy atom. The average molecular weight is 284 g/mol. The van der Waals surface area contributed by atoms with E-state index in [0.29, 0.717) is 5.92 Å². The number of thioether (sulfide) groups is 1. The normalized spacial score (nSPS) is 30.8. The van der Waals surface area contributed by atoms with Crippen LogP contribution in [0.25, 0.3) is 0 Å². The number of hydrogen-bond acceptors (Lipinski definition) is 4. The van der Waals surface area contributed by atoms with Gasteiger partial charge < -0.3 is 4.90 Å². The summed E-state index contributed by atoms with van der Waals surface area (Å²) in [6.07, 6.45) is 5.35. The molecule has 1 atom stereocenters. The monoisotopic (exact) mass is 284 g/mol. The summed E-state index contributed by atoms with van der Waals surface area (Å²) >= 11 is 3.34. The van der Waals surface area contributed by atoms with Crippen molar-refractivity contribution < 1.29 is 4.90 Å². The van der Waals surface area contributed by atoms with Crippen molar-refractivity contribution in [2.24, 2.45) is 5.92 Å². The zero-order chi connectivity index (χ0) is 12.4. The molecule has 3 fully saturated rings. The number of aromatic nitrogens is 2. The second kappa shape index (κ2) is 5.88.